The number of aromatic nitrogens is 1. The monoisotopic (exact) mass is 784 g/mol. The number of amides is 1. The van der Waals surface area contributed by atoms with Crippen molar-refractivity contribution >= 4 is 41.5 Å². The standard InChI is InChI=1S/C42H32N4O12/c1-42(25-55-41(50)57-33-18-14-31(15-19-33)46(53)54)24-35-34(23-29-22-28(20-21-43-29)39(48)56-32-16-12-30(13-17-32)45(51)52)38(47)44(35)37(42)40(49)58-36(26-8-4-2-5-9-26)27-10-6-3-7-11-27/h2-23,35-37H,24-25H2,1H3/b34-23+/t35?,37-,42-/m0/s1. The van der Waals surface area contributed by atoms with Gasteiger partial charge in [0.1, 0.15) is 24.1 Å². The molecule has 0 radical (unpaired) electrons. The molecule has 2 saturated heterocycles. The average molecular weight is 785 g/mol. The van der Waals surface area contributed by atoms with Crippen LogP contribution in [0, 0.1) is 25.6 Å². The molecule has 1 amide bonds. The molecule has 0 spiro atoms. The van der Waals surface area contributed by atoms with Crippen molar-refractivity contribution in [1.29, 1.82) is 0 Å². The summed E-state index contributed by atoms with van der Waals surface area (Å²) in [7, 11) is 0. The molecule has 1 unspecified atom stereocenters. The molecule has 7 rings (SSSR count). The predicted molar refractivity (Wildman–Crippen MR) is 203 cm³/mol. The lowest BCUT2D eigenvalue weighted by atomic mass is 9.81. The van der Waals surface area contributed by atoms with Crippen molar-refractivity contribution in [2.24, 2.45) is 5.41 Å². The molecule has 5 aromatic rings. The molecule has 1 aromatic heterocycles. The molecule has 58 heavy (non-hydrogen) atoms. The second-order valence-corrected chi connectivity index (χ2v) is 13.7. The summed E-state index contributed by atoms with van der Waals surface area (Å²) in [6.45, 7) is 1.31. The summed E-state index contributed by atoms with van der Waals surface area (Å²) in [5, 5.41) is 22.0. The Morgan fingerprint density at radius 1 is 0.828 bits per heavy atom. The number of β-lactam (4-membered cyclic amide) rings is 1. The summed E-state index contributed by atoms with van der Waals surface area (Å²) in [5.41, 5.74) is 0.418. The number of non-ortho nitro benzene ring substituents is 2. The van der Waals surface area contributed by atoms with Gasteiger partial charge in [0.25, 0.3) is 17.3 Å². The topological polar surface area (TPSA) is 208 Å². The molecule has 2 fully saturated rings. The summed E-state index contributed by atoms with van der Waals surface area (Å²) in [5.74, 6) is -1.93. The molecule has 0 bridgehead atoms. The number of fused-ring (bicyclic) bond motifs is 1. The Labute approximate surface area is 329 Å². The lowest BCUT2D eigenvalue weighted by molar-refractivity contribution is -0.385. The second-order valence-electron chi connectivity index (χ2n) is 13.7. The number of hydrogen-bond donors (Lipinski definition) is 0. The molecule has 3 heterocycles. The first-order valence-electron chi connectivity index (χ1n) is 17.8. The van der Waals surface area contributed by atoms with Crippen molar-refractivity contribution in [2.75, 3.05) is 6.61 Å². The van der Waals surface area contributed by atoms with Crippen LogP contribution in [0.4, 0.5) is 16.2 Å². The summed E-state index contributed by atoms with van der Waals surface area (Å²) >= 11 is 0. The molecule has 16 heteroatoms. The number of nitrogens with zero attached hydrogens (tertiary/aromatic N) is 4. The zero-order chi connectivity index (χ0) is 41.0. The first-order chi connectivity index (χ1) is 27.9. The van der Waals surface area contributed by atoms with E-state index in [0.29, 0.717) is 11.1 Å². The van der Waals surface area contributed by atoms with E-state index in [4.69, 9.17) is 18.9 Å². The van der Waals surface area contributed by atoms with Crippen molar-refractivity contribution in [3.8, 4) is 11.5 Å². The van der Waals surface area contributed by atoms with Gasteiger partial charge in [0.2, 0.25) is 0 Å². The summed E-state index contributed by atoms with van der Waals surface area (Å²) in [6, 6.07) is 28.9. The van der Waals surface area contributed by atoms with Crippen LogP contribution in [0.2, 0.25) is 0 Å². The van der Waals surface area contributed by atoms with Crippen LogP contribution in [0.3, 0.4) is 0 Å². The normalized spacial score (nSPS) is 18.8. The first kappa shape index (κ1) is 38.5. The van der Waals surface area contributed by atoms with E-state index in [-0.39, 0.29) is 52.7 Å². The highest BCUT2D eigenvalue weighted by molar-refractivity contribution is 6.08. The third kappa shape index (κ3) is 8.11. The fraction of sp³-hybridized carbons (Fsp3) is 0.167. The molecule has 292 valence electrons. The van der Waals surface area contributed by atoms with Crippen molar-refractivity contribution in [1.82, 2.24) is 9.88 Å². The van der Waals surface area contributed by atoms with Crippen molar-refractivity contribution in [3.05, 3.63) is 176 Å². The molecular weight excluding hydrogens is 752 g/mol. The predicted octanol–water partition coefficient (Wildman–Crippen LogP) is 7.04. The van der Waals surface area contributed by atoms with Crippen LogP contribution in [0.5, 0.6) is 11.5 Å². The fourth-order valence-corrected chi connectivity index (χ4v) is 6.97. The minimum atomic E-state index is -1.22. The lowest BCUT2D eigenvalue weighted by Gasteiger charge is -2.41. The van der Waals surface area contributed by atoms with Crippen LogP contribution in [0.1, 0.15) is 46.6 Å². The van der Waals surface area contributed by atoms with Gasteiger partial charge in [-0.2, -0.15) is 0 Å². The van der Waals surface area contributed by atoms with Crippen molar-refractivity contribution in [3.63, 3.8) is 0 Å². The van der Waals surface area contributed by atoms with E-state index in [1.807, 2.05) is 60.7 Å². The summed E-state index contributed by atoms with van der Waals surface area (Å²) in [6.07, 6.45) is 1.04. The third-order valence-electron chi connectivity index (χ3n) is 9.78. The first-order valence-corrected chi connectivity index (χ1v) is 17.8. The second kappa shape index (κ2) is 16.2. The van der Waals surface area contributed by atoms with Crippen LogP contribution < -0.4 is 9.47 Å². The average Bonchev–Trinajstić information content (AvgIpc) is 3.51. The van der Waals surface area contributed by atoms with E-state index in [1.165, 1.54) is 77.8 Å². The van der Waals surface area contributed by atoms with Crippen LogP contribution in [0.15, 0.2) is 133 Å². The number of pyridine rings is 1. The molecule has 0 N–H and O–H groups in total. The Hall–Kier alpha value is -7.75. The number of benzene rings is 4. The molecular formula is C42H32N4O12. The van der Waals surface area contributed by atoms with Crippen LogP contribution in [-0.4, -0.2) is 62.4 Å². The largest absolute Gasteiger partial charge is 0.513 e. The summed E-state index contributed by atoms with van der Waals surface area (Å²) < 4.78 is 22.4. The zero-order valence-corrected chi connectivity index (χ0v) is 30.5. The number of esters is 2. The number of ether oxygens (including phenoxy) is 4. The SMILES string of the molecule is C[C@@]1(COC(=O)Oc2ccc([N+](=O)[O-])cc2)CC2/C(=C\c3cc(C(=O)Oc4ccc([N+](=O)[O-])cc4)ccn3)C(=O)N2[C@H]1C(=O)OC(c1ccccc1)c1ccccc1. The Morgan fingerprint density at radius 3 is 1.93 bits per heavy atom. The van der Waals surface area contributed by atoms with Gasteiger partial charge in [0.15, 0.2) is 6.10 Å². The Morgan fingerprint density at radius 2 is 1.38 bits per heavy atom. The maximum Gasteiger partial charge on any atom is 0.513 e. The maximum atomic E-state index is 14.4. The Balaban J connectivity index is 1.14. The number of rotatable bonds is 12. The van der Waals surface area contributed by atoms with Crippen LogP contribution in [-0.2, 0) is 19.1 Å². The number of nitro groups is 2. The number of carbonyl (C=O) groups excluding carboxylic acids is 4. The Bertz CT molecular complexity index is 2390. The van der Waals surface area contributed by atoms with E-state index in [1.54, 1.807) is 6.92 Å². The highest BCUT2D eigenvalue weighted by Crippen LogP contribution is 2.51. The molecule has 0 saturated carbocycles. The van der Waals surface area contributed by atoms with Gasteiger partial charge in [0.05, 0.1) is 27.1 Å². The molecule has 2 aliphatic heterocycles. The fourth-order valence-electron chi connectivity index (χ4n) is 6.97. The van der Waals surface area contributed by atoms with Gasteiger partial charge >= 0.3 is 18.1 Å². The highest BCUT2D eigenvalue weighted by Gasteiger charge is 2.63. The number of carbonyl (C=O) groups is 4. The van der Waals surface area contributed by atoms with E-state index in [0.717, 1.165) is 0 Å². The maximum absolute atomic E-state index is 14.4. The van der Waals surface area contributed by atoms with E-state index in [2.05, 4.69) is 4.98 Å². The minimum Gasteiger partial charge on any atom is -0.451 e. The summed E-state index contributed by atoms with van der Waals surface area (Å²) in [4.78, 5) is 80.8. The molecule has 16 nitrogen and oxygen atoms in total. The number of nitro benzene ring substituents is 2. The molecule has 2 aliphatic rings. The van der Waals surface area contributed by atoms with E-state index >= 15 is 0 Å². The van der Waals surface area contributed by atoms with Gasteiger partial charge in [-0.05, 0) is 60.0 Å². The molecule has 4 aromatic carbocycles. The van der Waals surface area contributed by atoms with Crippen LogP contribution >= 0.6 is 0 Å². The van der Waals surface area contributed by atoms with Crippen molar-refractivity contribution in [2.45, 2.75) is 31.5 Å². The van der Waals surface area contributed by atoms with E-state index in [9.17, 15) is 39.4 Å². The van der Waals surface area contributed by atoms with Gasteiger partial charge < -0.3 is 23.8 Å². The smallest absolute Gasteiger partial charge is 0.451 e. The van der Waals surface area contributed by atoms with Gasteiger partial charge in [-0.3, -0.25) is 30.0 Å². The third-order valence-corrected chi connectivity index (χ3v) is 9.78. The number of hydrogen-bond acceptors (Lipinski definition) is 13. The quantitative estimate of drug-likeness (QED) is 0.0237. The molecule has 0 aliphatic carbocycles. The zero-order valence-electron chi connectivity index (χ0n) is 30.5. The van der Waals surface area contributed by atoms with E-state index < -0.39 is 57.5 Å². The van der Waals surface area contributed by atoms with Crippen molar-refractivity contribution < 1.29 is 48.0 Å². The Kier molecular flexibility index (Phi) is 10.7. The highest BCUT2D eigenvalue weighted by atomic mass is 16.7. The van der Waals surface area contributed by atoms with Gasteiger partial charge in [0, 0.05) is 41.5 Å². The lowest BCUT2D eigenvalue weighted by Crippen LogP contribution is -2.58. The van der Waals surface area contributed by atoms with Crippen LogP contribution in [0.25, 0.3) is 6.08 Å². The minimum absolute atomic E-state index is 0.00716. The van der Waals surface area contributed by atoms with Gasteiger partial charge in [-0.25, -0.2) is 14.4 Å². The van der Waals surface area contributed by atoms with Gasteiger partial charge in [-0.15, -0.1) is 0 Å². The van der Waals surface area contributed by atoms with Gasteiger partial charge in [-0.1, -0.05) is 67.6 Å². The molecule has 3 atom stereocenters.